The minimum absolute atomic E-state index is 0.00389. The molecule has 4 nitrogen and oxygen atoms in total. The summed E-state index contributed by atoms with van der Waals surface area (Å²) in [5.74, 6) is 0.306. The summed E-state index contributed by atoms with van der Waals surface area (Å²) in [7, 11) is 0. The average molecular weight is 314 g/mol. The van der Waals surface area contributed by atoms with E-state index in [1.165, 1.54) is 23.1 Å². The van der Waals surface area contributed by atoms with Gasteiger partial charge in [0.1, 0.15) is 0 Å². The van der Waals surface area contributed by atoms with E-state index in [1.54, 1.807) is 24.3 Å². The molecule has 0 bridgehead atoms. The molecular formula is C12H12ClN3OS2. The third-order valence-electron chi connectivity index (χ3n) is 2.24. The van der Waals surface area contributed by atoms with Crippen molar-refractivity contribution in [1.29, 1.82) is 0 Å². The fourth-order valence-electron chi connectivity index (χ4n) is 1.38. The Kier molecular flexibility index (Phi) is 5.18. The van der Waals surface area contributed by atoms with E-state index in [4.69, 9.17) is 11.6 Å². The Morgan fingerprint density at radius 1 is 1.42 bits per heavy atom. The number of nitrogens with zero attached hydrogens (tertiary/aromatic N) is 2. The number of hydrogen-bond donors (Lipinski definition) is 1. The van der Waals surface area contributed by atoms with Gasteiger partial charge in [-0.2, -0.15) is 0 Å². The van der Waals surface area contributed by atoms with Crippen LogP contribution >= 0.6 is 34.7 Å². The van der Waals surface area contributed by atoms with Crippen molar-refractivity contribution in [2.75, 3.05) is 17.6 Å². The second-order valence-electron chi connectivity index (χ2n) is 3.60. The number of rotatable bonds is 6. The van der Waals surface area contributed by atoms with Crippen LogP contribution in [0.1, 0.15) is 17.3 Å². The van der Waals surface area contributed by atoms with Crippen molar-refractivity contribution < 1.29 is 4.79 Å². The number of halogens is 1. The molecule has 0 aliphatic carbocycles. The van der Waals surface area contributed by atoms with Gasteiger partial charge in [-0.25, -0.2) is 0 Å². The summed E-state index contributed by atoms with van der Waals surface area (Å²) in [6.07, 6.45) is 0. The van der Waals surface area contributed by atoms with Crippen LogP contribution in [0.15, 0.2) is 28.6 Å². The number of benzene rings is 1. The van der Waals surface area contributed by atoms with Gasteiger partial charge in [0, 0.05) is 12.1 Å². The van der Waals surface area contributed by atoms with Gasteiger partial charge < -0.3 is 5.32 Å². The number of carbonyl (C=O) groups is 1. The van der Waals surface area contributed by atoms with E-state index in [2.05, 4.69) is 15.5 Å². The molecule has 0 fully saturated rings. The normalized spacial score (nSPS) is 10.4. The molecule has 19 heavy (non-hydrogen) atoms. The van der Waals surface area contributed by atoms with E-state index in [1.807, 2.05) is 6.92 Å². The first-order valence-corrected chi connectivity index (χ1v) is 7.86. The third kappa shape index (κ3) is 3.92. The molecule has 0 saturated carbocycles. The van der Waals surface area contributed by atoms with Gasteiger partial charge in [-0.1, -0.05) is 46.8 Å². The van der Waals surface area contributed by atoms with E-state index >= 15 is 0 Å². The maximum atomic E-state index is 12.0. The van der Waals surface area contributed by atoms with Crippen molar-refractivity contribution in [3.8, 4) is 0 Å². The predicted molar refractivity (Wildman–Crippen MR) is 80.6 cm³/mol. The lowest BCUT2D eigenvalue weighted by Gasteiger charge is -2.01. The zero-order chi connectivity index (χ0) is 13.7. The number of thioether (sulfide) groups is 1. The average Bonchev–Trinajstić information content (AvgIpc) is 2.85. The van der Waals surface area contributed by atoms with Gasteiger partial charge in [-0.15, -0.1) is 10.2 Å². The lowest BCUT2D eigenvalue weighted by Crippen LogP contribution is -2.02. The molecule has 2 rings (SSSR count). The summed E-state index contributed by atoms with van der Waals surface area (Å²) in [5.41, 5.74) is 0.549. The van der Waals surface area contributed by atoms with Gasteiger partial charge in [-0.05, 0) is 19.1 Å². The van der Waals surface area contributed by atoms with E-state index in [0.29, 0.717) is 16.3 Å². The minimum Gasteiger partial charge on any atom is -0.360 e. The van der Waals surface area contributed by atoms with Crippen molar-refractivity contribution in [3.63, 3.8) is 0 Å². The molecule has 2 aromatic rings. The molecule has 1 aromatic heterocycles. The number of anilines is 1. The highest BCUT2D eigenvalue weighted by atomic mass is 35.5. The van der Waals surface area contributed by atoms with Gasteiger partial charge in [-0.3, -0.25) is 4.79 Å². The summed E-state index contributed by atoms with van der Waals surface area (Å²) >= 11 is 8.80. The Hall–Kier alpha value is -1.11. The SMILES string of the molecule is CCNc1nnc(SCC(=O)c2ccccc2Cl)s1. The Morgan fingerprint density at radius 3 is 2.95 bits per heavy atom. The monoisotopic (exact) mass is 313 g/mol. The lowest BCUT2D eigenvalue weighted by molar-refractivity contribution is 0.102. The van der Waals surface area contributed by atoms with E-state index in [0.717, 1.165) is 16.0 Å². The molecule has 7 heteroatoms. The molecule has 0 radical (unpaired) electrons. The van der Waals surface area contributed by atoms with Crippen LogP contribution in [0.4, 0.5) is 5.13 Å². The number of ketones is 1. The first-order valence-electron chi connectivity index (χ1n) is 5.68. The number of hydrogen-bond acceptors (Lipinski definition) is 6. The first kappa shape index (κ1) is 14.3. The minimum atomic E-state index is -0.00389. The lowest BCUT2D eigenvalue weighted by atomic mass is 10.1. The van der Waals surface area contributed by atoms with Gasteiger partial charge >= 0.3 is 0 Å². The smallest absolute Gasteiger partial charge is 0.206 e. The molecule has 0 aliphatic heterocycles. The molecule has 0 spiro atoms. The summed E-state index contributed by atoms with van der Waals surface area (Å²) in [4.78, 5) is 12.0. The third-order valence-corrected chi connectivity index (χ3v) is 4.58. The Morgan fingerprint density at radius 2 is 2.21 bits per heavy atom. The van der Waals surface area contributed by atoms with Gasteiger partial charge in [0.25, 0.3) is 0 Å². The molecule has 0 unspecified atom stereocenters. The van der Waals surface area contributed by atoms with Crippen molar-refractivity contribution in [1.82, 2.24) is 10.2 Å². The zero-order valence-electron chi connectivity index (χ0n) is 10.2. The number of carbonyl (C=O) groups excluding carboxylic acids is 1. The summed E-state index contributed by atoms with van der Waals surface area (Å²) < 4.78 is 0.774. The Labute approximate surface area is 124 Å². The predicted octanol–water partition coefficient (Wildman–Crippen LogP) is 3.60. The van der Waals surface area contributed by atoms with Gasteiger partial charge in [0.15, 0.2) is 10.1 Å². The van der Waals surface area contributed by atoms with Crippen LogP contribution in [-0.2, 0) is 0 Å². The van der Waals surface area contributed by atoms with Crippen LogP contribution in [0, 0.1) is 0 Å². The quantitative estimate of drug-likeness (QED) is 0.652. The Balaban J connectivity index is 1.95. The van der Waals surface area contributed by atoms with Crippen molar-refractivity contribution in [2.45, 2.75) is 11.3 Å². The molecular weight excluding hydrogens is 302 g/mol. The van der Waals surface area contributed by atoms with Crippen molar-refractivity contribution in [2.24, 2.45) is 0 Å². The highest BCUT2D eigenvalue weighted by molar-refractivity contribution is 8.01. The fraction of sp³-hybridized carbons (Fsp3) is 0.250. The second kappa shape index (κ2) is 6.88. The topological polar surface area (TPSA) is 54.9 Å². The van der Waals surface area contributed by atoms with Crippen LogP contribution in [0.5, 0.6) is 0 Å². The molecule has 1 N–H and O–H groups in total. The molecule has 100 valence electrons. The summed E-state index contributed by atoms with van der Waals surface area (Å²) in [5, 5.41) is 12.3. The van der Waals surface area contributed by atoms with E-state index < -0.39 is 0 Å². The van der Waals surface area contributed by atoms with Crippen molar-refractivity contribution in [3.05, 3.63) is 34.9 Å². The highest BCUT2D eigenvalue weighted by Gasteiger charge is 2.12. The molecule has 0 aliphatic rings. The zero-order valence-corrected chi connectivity index (χ0v) is 12.6. The number of aromatic nitrogens is 2. The first-order chi connectivity index (χ1) is 9.20. The maximum Gasteiger partial charge on any atom is 0.206 e. The van der Waals surface area contributed by atoms with Crippen LogP contribution in [0.3, 0.4) is 0 Å². The molecule has 0 amide bonds. The summed E-state index contributed by atoms with van der Waals surface area (Å²) in [6.45, 7) is 2.80. The van der Waals surface area contributed by atoms with Crippen molar-refractivity contribution >= 4 is 45.6 Å². The van der Waals surface area contributed by atoms with Crippen LogP contribution in [-0.4, -0.2) is 28.3 Å². The fourth-order valence-corrected chi connectivity index (χ4v) is 3.33. The standard InChI is InChI=1S/C12H12ClN3OS2/c1-2-14-11-15-16-12(19-11)18-7-10(17)8-5-3-4-6-9(8)13/h3-6H,2,7H2,1H3,(H,14,15). The van der Waals surface area contributed by atoms with E-state index in [-0.39, 0.29) is 5.78 Å². The molecule has 0 atom stereocenters. The number of nitrogens with one attached hydrogen (secondary N) is 1. The summed E-state index contributed by atoms with van der Waals surface area (Å²) in [6, 6.07) is 7.06. The van der Waals surface area contributed by atoms with Crippen LogP contribution in [0.25, 0.3) is 0 Å². The van der Waals surface area contributed by atoms with Crippen LogP contribution in [0.2, 0.25) is 5.02 Å². The van der Waals surface area contributed by atoms with Crippen LogP contribution < -0.4 is 5.32 Å². The van der Waals surface area contributed by atoms with Gasteiger partial charge in [0.05, 0.1) is 10.8 Å². The molecule has 1 aromatic carbocycles. The largest absolute Gasteiger partial charge is 0.360 e. The highest BCUT2D eigenvalue weighted by Crippen LogP contribution is 2.26. The number of Topliss-reactive ketones (excluding diaryl/α,β-unsaturated/α-hetero) is 1. The van der Waals surface area contributed by atoms with E-state index in [9.17, 15) is 4.79 Å². The Bertz CT molecular complexity index is 574. The maximum absolute atomic E-state index is 12.0. The molecule has 1 heterocycles. The van der Waals surface area contributed by atoms with Gasteiger partial charge in [0.2, 0.25) is 5.13 Å². The molecule has 0 saturated heterocycles. The second-order valence-corrected chi connectivity index (χ2v) is 6.20.